The van der Waals surface area contributed by atoms with E-state index in [1.807, 2.05) is 13.1 Å². The Labute approximate surface area is 144 Å². The van der Waals surface area contributed by atoms with Gasteiger partial charge in [-0.05, 0) is 32.0 Å². The van der Waals surface area contributed by atoms with Crippen molar-refractivity contribution in [2.24, 2.45) is 9.17 Å². The molecule has 23 heavy (non-hydrogen) atoms. The molecule has 3 N–H and O–H groups in total. The number of methoxy groups -OCH3 is 1. The molecule has 1 aromatic heterocycles. The van der Waals surface area contributed by atoms with Crippen LogP contribution in [0.5, 0.6) is 0 Å². The van der Waals surface area contributed by atoms with Crippen LogP contribution in [0.15, 0.2) is 8.24 Å². The smallest absolute Gasteiger partial charge is 0.195 e. The fourth-order valence-electron chi connectivity index (χ4n) is 1.57. The van der Waals surface area contributed by atoms with Crippen molar-refractivity contribution in [2.45, 2.75) is 69.2 Å². The van der Waals surface area contributed by atoms with Crippen LogP contribution >= 0.6 is 11.3 Å². The lowest BCUT2D eigenvalue weighted by atomic mass is 10.2. The van der Waals surface area contributed by atoms with E-state index < -0.39 is 23.8 Å². The molecule has 1 atom stereocenters. The first-order valence-electron chi connectivity index (χ1n) is 7.39. The third-order valence-electron chi connectivity index (χ3n) is 3.93. The van der Waals surface area contributed by atoms with Crippen LogP contribution in [0.25, 0.3) is 0 Å². The minimum absolute atomic E-state index is 0.0692. The predicted molar refractivity (Wildman–Crippen MR) is 98.3 cm³/mol. The lowest BCUT2D eigenvalue weighted by Crippen LogP contribution is -2.37. The average Bonchev–Trinajstić information content (AvgIpc) is 2.71. The van der Waals surface area contributed by atoms with Gasteiger partial charge in [0.15, 0.2) is 8.24 Å². The minimum Gasteiger partial charge on any atom is -0.383 e. The van der Waals surface area contributed by atoms with E-state index >= 15 is 0 Å². The first-order valence-corrected chi connectivity index (χ1v) is 12.7. The van der Waals surface area contributed by atoms with Gasteiger partial charge in [0.05, 0.1) is 12.3 Å². The van der Waals surface area contributed by atoms with Crippen LogP contribution in [0.2, 0.25) is 18.1 Å². The Bertz CT molecular complexity index is 678. The highest BCUT2D eigenvalue weighted by Gasteiger charge is 2.38. The second-order valence-electron chi connectivity index (χ2n) is 7.71. The standard InChI is InChI=1S/C14H29N3O3S2Si/c1-13(2,3)23(7,8)17-22(15,19)11-10(9-20-6)16-12(21-11)14(4,5)18/h18H,9H2,1-8H3,(H2,15,17,19). The van der Waals surface area contributed by atoms with Crippen molar-refractivity contribution in [3.8, 4) is 0 Å². The van der Waals surface area contributed by atoms with E-state index in [2.05, 4.69) is 29.8 Å². The predicted octanol–water partition coefficient (Wildman–Crippen LogP) is 3.22. The van der Waals surface area contributed by atoms with E-state index in [9.17, 15) is 9.32 Å². The summed E-state index contributed by atoms with van der Waals surface area (Å²) in [7, 11) is -3.76. The summed E-state index contributed by atoms with van der Waals surface area (Å²) in [5, 5.41) is 16.7. The summed E-state index contributed by atoms with van der Waals surface area (Å²) in [6, 6.07) is 0. The zero-order valence-corrected chi connectivity index (χ0v) is 17.9. The molecule has 0 spiro atoms. The third kappa shape index (κ3) is 4.83. The molecule has 0 saturated carbocycles. The monoisotopic (exact) mass is 379 g/mol. The van der Waals surface area contributed by atoms with Gasteiger partial charge in [-0.3, -0.25) is 4.03 Å². The second-order valence-corrected chi connectivity index (χ2v) is 15.9. The fourth-order valence-corrected chi connectivity index (χ4v) is 8.01. The molecule has 0 aliphatic heterocycles. The molecule has 1 rings (SSSR count). The summed E-state index contributed by atoms with van der Waals surface area (Å²) in [5.74, 6) is 0. The molecule has 0 fully saturated rings. The van der Waals surface area contributed by atoms with E-state index in [-0.39, 0.29) is 11.6 Å². The summed E-state index contributed by atoms with van der Waals surface area (Å²) >= 11 is 1.15. The lowest BCUT2D eigenvalue weighted by Gasteiger charge is -2.32. The van der Waals surface area contributed by atoms with Crippen molar-refractivity contribution >= 4 is 29.5 Å². The minimum atomic E-state index is -3.09. The number of aliphatic hydroxyl groups is 1. The van der Waals surface area contributed by atoms with Crippen molar-refractivity contribution in [1.29, 1.82) is 0 Å². The molecule has 0 aliphatic rings. The van der Waals surface area contributed by atoms with E-state index in [1.54, 1.807) is 13.8 Å². The van der Waals surface area contributed by atoms with Crippen molar-refractivity contribution in [3.05, 3.63) is 10.7 Å². The van der Waals surface area contributed by atoms with Gasteiger partial charge in [0.2, 0.25) is 0 Å². The van der Waals surface area contributed by atoms with Gasteiger partial charge in [-0.2, -0.15) is 0 Å². The number of hydrogen-bond donors (Lipinski definition) is 2. The van der Waals surface area contributed by atoms with E-state index in [0.717, 1.165) is 11.3 Å². The van der Waals surface area contributed by atoms with Crippen molar-refractivity contribution in [2.75, 3.05) is 7.11 Å². The fraction of sp³-hybridized carbons (Fsp3) is 0.786. The Morgan fingerprint density at radius 2 is 1.87 bits per heavy atom. The van der Waals surface area contributed by atoms with Crippen LogP contribution in [0.4, 0.5) is 0 Å². The summed E-state index contributed by atoms with van der Waals surface area (Å²) in [6.45, 7) is 13.8. The second kappa shape index (κ2) is 6.53. The average molecular weight is 380 g/mol. The first kappa shape index (κ1) is 20.7. The first-order chi connectivity index (χ1) is 10.1. The van der Waals surface area contributed by atoms with Gasteiger partial charge in [-0.25, -0.2) is 14.3 Å². The molecule has 0 radical (unpaired) electrons. The molecular weight excluding hydrogens is 350 g/mol. The molecular formula is C14H29N3O3S2Si. The maximum atomic E-state index is 13.2. The Morgan fingerprint density at radius 3 is 2.26 bits per heavy atom. The summed E-state index contributed by atoms with van der Waals surface area (Å²) < 4.78 is 23.3. The molecule has 134 valence electrons. The SMILES string of the molecule is COCc1nc(C(C)(C)O)sc1S(N)(=O)=N[Si](C)(C)C(C)(C)C. The quantitative estimate of drug-likeness (QED) is 0.767. The van der Waals surface area contributed by atoms with Gasteiger partial charge < -0.3 is 9.84 Å². The van der Waals surface area contributed by atoms with E-state index in [4.69, 9.17) is 9.88 Å². The Morgan fingerprint density at radius 1 is 1.35 bits per heavy atom. The van der Waals surface area contributed by atoms with Crippen LogP contribution in [-0.4, -0.2) is 29.6 Å². The third-order valence-corrected chi connectivity index (χ3v) is 13.5. The Kier molecular flexibility index (Phi) is 5.88. The molecule has 6 nitrogen and oxygen atoms in total. The summed E-state index contributed by atoms with van der Waals surface area (Å²) in [6.07, 6.45) is 0. The molecule has 0 amide bonds. The zero-order valence-electron chi connectivity index (χ0n) is 15.3. The number of rotatable bonds is 5. The van der Waals surface area contributed by atoms with Gasteiger partial charge >= 0.3 is 0 Å². The number of thiazole rings is 1. The van der Waals surface area contributed by atoms with E-state index in [1.165, 1.54) is 7.11 Å². The van der Waals surface area contributed by atoms with Gasteiger partial charge in [0, 0.05) is 7.11 Å². The zero-order chi connectivity index (χ0) is 18.3. The molecule has 1 unspecified atom stereocenters. The maximum absolute atomic E-state index is 13.2. The van der Waals surface area contributed by atoms with Crippen molar-refractivity contribution < 1.29 is 14.1 Å². The molecule has 1 heterocycles. The molecule has 9 heteroatoms. The Hall–Kier alpha value is -0.323. The molecule has 0 bridgehead atoms. The topological polar surface area (TPSA) is 97.8 Å². The van der Waals surface area contributed by atoms with E-state index in [0.29, 0.717) is 14.9 Å². The highest BCUT2D eigenvalue weighted by Crippen LogP contribution is 2.39. The largest absolute Gasteiger partial charge is 0.383 e. The highest BCUT2D eigenvalue weighted by atomic mass is 32.2. The van der Waals surface area contributed by atoms with Crippen LogP contribution in [-0.2, 0) is 26.9 Å². The number of nitrogens with zero attached hydrogens (tertiary/aromatic N) is 2. The number of hydrogen-bond acceptors (Lipinski definition) is 6. The summed E-state index contributed by atoms with van der Waals surface area (Å²) in [4.78, 5) is 4.37. The molecule has 0 aliphatic carbocycles. The number of ether oxygens (including phenoxy) is 1. The number of aromatic nitrogens is 1. The normalized spacial score (nSPS) is 16.3. The van der Waals surface area contributed by atoms with Crippen LogP contribution in [0.1, 0.15) is 45.3 Å². The molecule has 0 saturated heterocycles. The molecule has 1 aromatic rings. The van der Waals surface area contributed by atoms with Crippen LogP contribution in [0.3, 0.4) is 0 Å². The summed E-state index contributed by atoms with van der Waals surface area (Å²) in [5.41, 5.74) is -0.637. The van der Waals surface area contributed by atoms with Crippen molar-refractivity contribution in [1.82, 2.24) is 4.98 Å². The van der Waals surface area contributed by atoms with Crippen LogP contribution in [0, 0.1) is 0 Å². The maximum Gasteiger partial charge on any atom is 0.195 e. The van der Waals surface area contributed by atoms with Crippen LogP contribution < -0.4 is 5.14 Å². The van der Waals surface area contributed by atoms with Gasteiger partial charge in [-0.1, -0.05) is 20.8 Å². The number of nitrogens with two attached hydrogens (primary N) is 1. The Balaban J connectivity index is 3.55. The van der Waals surface area contributed by atoms with Crippen molar-refractivity contribution in [3.63, 3.8) is 0 Å². The van der Waals surface area contributed by atoms with Gasteiger partial charge in [-0.15, -0.1) is 11.3 Å². The molecule has 0 aromatic carbocycles. The highest BCUT2D eigenvalue weighted by molar-refractivity contribution is 7.94. The van der Waals surface area contributed by atoms with Gasteiger partial charge in [0.1, 0.15) is 24.7 Å². The lowest BCUT2D eigenvalue weighted by molar-refractivity contribution is 0.0776. The van der Waals surface area contributed by atoms with Gasteiger partial charge in [0.25, 0.3) is 0 Å².